The third-order valence-electron chi connectivity index (χ3n) is 2.20. The van der Waals surface area contributed by atoms with Crippen molar-refractivity contribution in [1.82, 2.24) is 5.32 Å². The molecule has 0 radical (unpaired) electrons. The van der Waals surface area contributed by atoms with E-state index in [4.69, 9.17) is 5.26 Å². The zero-order valence-electron chi connectivity index (χ0n) is 7.40. The van der Waals surface area contributed by atoms with Gasteiger partial charge in [-0.1, -0.05) is 24.3 Å². The van der Waals surface area contributed by atoms with E-state index in [0.717, 1.165) is 17.4 Å². The standard InChI is InChI=1S/C11H8N2O/c12-6-9-5-8-3-1-2-4-10(8)11(7-14)13-9/h1-5,7,11,13H. The average Bonchev–Trinajstić information content (AvgIpc) is 2.27. The fourth-order valence-electron chi connectivity index (χ4n) is 1.54. The maximum absolute atomic E-state index is 10.8. The first-order valence-corrected chi connectivity index (χ1v) is 4.27. The van der Waals surface area contributed by atoms with Crippen LogP contribution in [0.25, 0.3) is 6.08 Å². The molecular weight excluding hydrogens is 176 g/mol. The second kappa shape index (κ2) is 3.35. The highest BCUT2D eigenvalue weighted by molar-refractivity contribution is 5.72. The van der Waals surface area contributed by atoms with Crippen molar-refractivity contribution in [3.63, 3.8) is 0 Å². The number of fused-ring (bicyclic) bond motifs is 1. The summed E-state index contributed by atoms with van der Waals surface area (Å²) >= 11 is 0. The largest absolute Gasteiger partial charge is 0.363 e. The quantitative estimate of drug-likeness (QED) is 0.671. The fourth-order valence-corrected chi connectivity index (χ4v) is 1.54. The lowest BCUT2D eigenvalue weighted by atomic mass is 9.97. The number of nitrogens with one attached hydrogen (secondary N) is 1. The van der Waals surface area contributed by atoms with Crippen LogP contribution in [0.5, 0.6) is 0 Å². The van der Waals surface area contributed by atoms with Gasteiger partial charge >= 0.3 is 0 Å². The van der Waals surface area contributed by atoms with Crippen LogP contribution in [0.1, 0.15) is 17.2 Å². The molecule has 0 aliphatic carbocycles. The minimum Gasteiger partial charge on any atom is -0.363 e. The molecule has 1 unspecified atom stereocenters. The van der Waals surface area contributed by atoms with Crippen molar-refractivity contribution < 1.29 is 4.79 Å². The highest BCUT2D eigenvalue weighted by Gasteiger charge is 2.18. The van der Waals surface area contributed by atoms with Crippen LogP contribution in [0.2, 0.25) is 0 Å². The molecule has 0 saturated carbocycles. The van der Waals surface area contributed by atoms with Crippen molar-refractivity contribution in [3.05, 3.63) is 41.1 Å². The van der Waals surface area contributed by atoms with Gasteiger partial charge in [0.1, 0.15) is 24.1 Å². The van der Waals surface area contributed by atoms with Gasteiger partial charge < -0.3 is 10.1 Å². The Labute approximate surface area is 81.7 Å². The van der Waals surface area contributed by atoms with Crippen molar-refractivity contribution in [2.75, 3.05) is 0 Å². The second-order valence-corrected chi connectivity index (χ2v) is 3.06. The minimum atomic E-state index is -0.397. The smallest absolute Gasteiger partial charge is 0.146 e. The Bertz CT molecular complexity index is 443. The van der Waals surface area contributed by atoms with E-state index in [-0.39, 0.29) is 0 Å². The second-order valence-electron chi connectivity index (χ2n) is 3.06. The predicted molar refractivity (Wildman–Crippen MR) is 52.0 cm³/mol. The van der Waals surface area contributed by atoms with Gasteiger partial charge in [0.05, 0.1) is 0 Å². The van der Waals surface area contributed by atoms with Crippen LogP contribution in [0.15, 0.2) is 30.0 Å². The summed E-state index contributed by atoms with van der Waals surface area (Å²) in [5.41, 5.74) is 2.28. The average molecular weight is 184 g/mol. The molecule has 0 saturated heterocycles. The highest BCUT2D eigenvalue weighted by atomic mass is 16.1. The van der Waals surface area contributed by atoms with Crippen LogP contribution < -0.4 is 5.32 Å². The van der Waals surface area contributed by atoms with E-state index in [1.807, 2.05) is 30.3 Å². The normalized spacial score (nSPS) is 18.5. The minimum absolute atomic E-state index is 0.397. The molecule has 3 heteroatoms. The van der Waals surface area contributed by atoms with Crippen molar-refractivity contribution in [1.29, 1.82) is 5.26 Å². The first-order chi connectivity index (χ1) is 6.85. The van der Waals surface area contributed by atoms with E-state index in [1.54, 1.807) is 6.08 Å². The molecule has 1 heterocycles. The van der Waals surface area contributed by atoms with Gasteiger partial charge in [-0.2, -0.15) is 5.26 Å². The molecule has 0 bridgehead atoms. The van der Waals surface area contributed by atoms with Gasteiger partial charge in [-0.3, -0.25) is 0 Å². The third kappa shape index (κ3) is 1.27. The van der Waals surface area contributed by atoms with Crippen LogP contribution in [-0.2, 0) is 4.79 Å². The maximum atomic E-state index is 10.8. The Morgan fingerprint density at radius 3 is 2.93 bits per heavy atom. The number of nitrogens with zero attached hydrogens (tertiary/aromatic N) is 1. The van der Waals surface area contributed by atoms with Gasteiger partial charge in [-0.25, -0.2) is 0 Å². The predicted octanol–water partition coefficient (Wildman–Crippen LogP) is 1.39. The number of benzene rings is 1. The first kappa shape index (κ1) is 8.52. The van der Waals surface area contributed by atoms with Crippen LogP contribution in [0.3, 0.4) is 0 Å². The Hall–Kier alpha value is -2.08. The van der Waals surface area contributed by atoms with Crippen molar-refractivity contribution in [2.24, 2.45) is 0 Å². The molecular formula is C11H8N2O. The lowest BCUT2D eigenvalue weighted by molar-refractivity contribution is -0.109. The summed E-state index contributed by atoms with van der Waals surface area (Å²) in [5.74, 6) is 0. The molecule has 2 rings (SSSR count). The van der Waals surface area contributed by atoms with Gasteiger partial charge in [-0.05, 0) is 17.2 Å². The molecule has 0 amide bonds. The lowest BCUT2D eigenvalue weighted by Gasteiger charge is -2.20. The SMILES string of the molecule is N#CC1=Cc2ccccc2C(C=O)N1. The van der Waals surface area contributed by atoms with E-state index in [1.165, 1.54) is 0 Å². The van der Waals surface area contributed by atoms with E-state index in [2.05, 4.69) is 5.32 Å². The number of aldehydes is 1. The van der Waals surface area contributed by atoms with Gasteiger partial charge in [-0.15, -0.1) is 0 Å². The summed E-state index contributed by atoms with van der Waals surface area (Å²) in [4.78, 5) is 10.8. The molecule has 0 aromatic heterocycles. The summed E-state index contributed by atoms with van der Waals surface area (Å²) in [7, 11) is 0. The van der Waals surface area contributed by atoms with Gasteiger partial charge in [0.15, 0.2) is 0 Å². The van der Waals surface area contributed by atoms with Crippen LogP contribution in [0.4, 0.5) is 0 Å². The molecule has 1 aromatic carbocycles. The Balaban J connectivity index is 2.55. The maximum Gasteiger partial charge on any atom is 0.146 e. The molecule has 1 atom stereocenters. The summed E-state index contributed by atoms with van der Waals surface area (Å²) in [6.45, 7) is 0. The Morgan fingerprint density at radius 1 is 1.43 bits per heavy atom. The topological polar surface area (TPSA) is 52.9 Å². The molecule has 0 spiro atoms. The summed E-state index contributed by atoms with van der Waals surface area (Å²) in [6, 6.07) is 9.14. The fraction of sp³-hybridized carbons (Fsp3) is 0.0909. The number of hydrogen-bond acceptors (Lipinski definition) is 3. The monoisotopic (exact) mass is 184 g/mol. The number of carbonyl (C=O) groups is 1. The van der Waals surface area contributed by atoms with E-state index < -0.39 is 6.04 Å². The third-order valence-corrected chi connectivity index (χ3v) is 2.20. The van der Waals surface area contributed by atoms with Crippen LogP contribution in [0, 0.1) is 11.3 Å². The van der Waals surface area contributed by atoms with E-state index in [9.17, 15) is 4.79 Å². The van der Waals surface area contributed by atoms with Crippen LogP contribution >= 0.6 is 0 Å². The van der Waals surface area contributed by atoms with Crippen molar-refractivity contribution in [2.45, 2.75) is 6.04 Å². The Morgan fingerprint density at radius 2 is 2.21 bits per heavy atom. The summed E-state index contributed by atoms with van der Waals surface area (Å²) in [5, 5.41) is 11.6. The number of rotatable bonds is 1. The highest BCUT2D eigenvalue weighted by Crippen LogP contribution is 2.24. The molecule has 1 N–H and O–H groups in total. The summed E-state index contributed by atoms with van der Waals surface area (Å²) in [6.07, 6.45) is 2.55. The Kier molecular flexibility index (Phi) is 2.04. The molecule has 0 fully saturated rings. The molecule has 1 aromatic rings. The number of carbonyl (C=O) groups excluding carboxylic acids is 1. The molecule has 3 nitrogen and oxygen atoms in total. The number of nitriles is 1. The zero-order valence-corrected chi connectivity index (χ0v) is 7.40. The van der Waals surface area contributed by atoms with Gasteiger partial charge in [0.25, 0.3) is 0 Å². The van der Waals surface area contributed by atoms with E-state index >= 15 is 0 Å². The molecule has 68 valence electrons. The number of hydrogen-bond donors (Lipinski definition) is 1. The zero-order chi connectivity index (χ0) is 9.97. The number of allylic oxidation sites excluding steroid dienone is 1. The molecule has 1 aliphatic rings. The molecule has 1 aliphatic heterocycles. The van der Waals surface area contributed by atoms with E-state index in [0.29, 0.717) is 5.70 Å². The van der Waals surface area contributed by atoms with Crippen molar-refractivity contribution >= 4 is 12.4 Å². The van der Waals surface area contributed by atoms with Crippen molar-refractivity contribution in [3.8, 4) is 6.07 Å². The van der Waals surface area contributed by atoms with Gasteiger partial charge in [0, 0.05) is 0 Å². The first-order valence-electron chi connectivity index (χ1n) is 4.27. The molecule has 14 heavy (non-hydrogen) atoms. The van der Waals surface area contributed by atoms with Crippen LogP contribution in [-0.4, -0.2) is 6.29 Å². The van der Waals surface area contributed by atoms with Gasteiger partial charge in [0.2, 0.25) is 0 Å². The lowest BCUT2D eigenvalue weighted by Crippen LogP contribution is -2.25. The summed E-state index contributed by atoms with van der Waals surface area (Å²) < 4.78 is 0.